The number of carboxylic acids is 1. The van der Waals surface area contributed by atoms with Gasteiger partial charge < -0.3 is 10.0 Å². The highest BCUT2D eigenvalue weighted by molar-refractivity contribution is 9.10. The minimum atomic E-state index is -0.898. The molecule has 0 aliphatic rings. The maximum absolute atomic E-state index is 10.8. The van der Waals surface area contributed by atoms with Crippen LogP contribution < -0.4 is 0 Å². The average Bonchev–Trinajstić information content (AvgIpc) is 2.17. The number of hydrogen-bond donors (Lipinski definition) is 1. The van der Waals surface area contributed by atoms with Crippen LogP contribution in [-0.2, 0) is 6.54 Å². The van der Waals surface area contributed by atoms with Crippen molar-refractivity contribution in [2.24, 2.45) is 5.41 Å². The van der Waals surface area contributed by atoms with E-state index in [1.54, 1.807) is 12.1 Å². The third kappa shape index (κ3) is 4.78. The Morgan fingerprint density at radius 1 is 1.39 bits per heavy atom. The smallest absolute Gasteiger partial charge is 0.335 e. The standard InChI is InChI=1S/C14H20BrNO2/c1-14(2,3)9-16(4)8-11-6-5-10(13(17)18)7-12(11)15/h5-7H,8-9H2,1-4H3,(H,17,18). The van der Waals surface area contributed by atoms with Crippen LogP contribution in [0.15, 0.2) is 22.7 Å². The minimum Gasteiger partial charge on any atom is -0.478 e. The highest BCUT2D eigenvalue weighted by Gasteiger charge is 2.15. The van der Waals surface area contributed by atoms with Crippen LogP contribution in [0.2, 0.25) is 0 Å². The molecule has 0 radical (unpaired) electrons. The van der Waals surface area contributed by atoms with Crippen LogP contribution in [0.1, 0.15) is 36.7 Å². The topological polar surface area (TPSA) is 40.5 Å². The number of carbonyl (C=O) groups is 1. The van der Waals surface area contributed by atoms with Gasteiger partial charge in [0, 0.05) is 17.6 Å². The Labute approximate surface area is 117 Å². The number of nitrogens with zero attached hydrogens (tertiary/aromatic N) is 1. The Morgan fingerprint density at radius 3 is 2.44 bits per heavy atom. The van der Waals surface area contributed by atoms with Crippen molar-refractivity contribution in [2.75, 3.05) is 13.6 Å². The Bertz CT molecular complexity index is 438. The van der Waals surface area contributed by atoms with Crippen LogP contribution in [0.3, 0.4) is 0 Å². The average molecular weight is 314 g/mol. The van der Waals surface area contributed by atoms with Crippen molar-refractivity contribution in [1.29, 1.82) is 0 Å². The zero-order valence-corrected chi connectivity index (χ0v) is 12.9. The van der Waals surface area contributed by atoms with Gasteiger partial charge in [0.1, 0.15) is 0 Å². The predicted molar refractivity (Wildman–Crippen MR) is 76.9 cm³/mol. The van der Waals surface area contributed by atoms with Crippen LogP contribution in [0.4, 0.5) is 0 Å². The maximum atomic E-state index is 10.8. The van der Waals surface area contributed by atoms with Crippen LogP contribution >= 0.6 is 15.9 Å². The van der Waals surface area contributed by atoms with E-state index in [0.717, 1.165) is 23.1 Å². The highest BCUT2D eigenvalue weighted by atomic mass is 79.9. The largest absolute Gasteiger partial charge is 0.478 e. The van der Waals surface area contributed by atoms with Crippen LogP contribution in [0.5, 0.6) is 0 Å². The van der Waals surface area contributed by atoms with E-state index in [2.05, 4.69) is 48.6 Å². The Kier molecular flexibility index (Phi) is 4.93. The van der Waals surface area contributed by atoms with Gasteiger partial charge in [-0.15, -0.1) is 0 Å². The van der Waals surface area contributed by atoms with Crippen molar-refractivity contribution in [1.82, 2.24) is 4.90 Å². The van der Waals surface area contributed by atoms with Gasteiger partial charge in [-0.25, -0.2) is 4.79 Å². The number of benzene rings is 1. The summed E-state index contributed by atoms with van der Waals surface area (Å²) in [5.41, 5.74) is 1.67. The molecule has 100 valence electrons. The second kappa shape index (κ2) is 5.85. The van der Waals surface area contributed by atoms with Crippen molar-refractivity contribution in [3.8, 4) is 0 Å². The zero-order valence-electron chi connectivity index (χ0n) is 11.3. The van der Waals surface area contributed by atoms with E-state index in [0.29, 0.717) is 5.56 Å². The summed E-state index contributed by atoms with van der Waals surface area (Å²) in [4.78, 5) is 13.1. The van der Waals surface area contributed by atoms with Gasteiger partial charge in [0.15, 0.2) is 0 Å². The first-order chi connectivity index (χ1) is 8.19. The maximum Gasteiger partial charge on any atom is 0.335 e. The number of halogens is 1. The van der Waals surface area contributed by atoms with E-state index < -0.39 is 5.97 Å². The molecule has 4 heteroatoms. The summed E-state index contributed by atoms with van der Waals surface area (Å²) < 4.78 is 0.850. The zero-order chi connectivity index (χ0) is 13.9. The SMILES string of the molecule is CN(Cc1ccc(C(=O)O)cc1Br)CC(C)(C)C. The molecule has 0 saturated carbocycles. The molecule has 0 aliphatic heterocycles. The molecule has 0 atom stereocenters. The lowest BCUT2D eigenvalue weighted by Gasteiger charge is -2.26. The Hall–Kier alpha value is -0.870. The first kappa shape index (κ1) is 15.2. The summed E-state index contributed by atoms with van der Waals surface area (Å²) in [7, 11) is 2.07. The third-order valence-electron chi connectivity index (χ3n) is 2.48. The summed E-state index contributed by atoms with van der Waals surface area (Å²) in [5.74, 6) is -0.898. The lowest BCUT2D eigenvalue weighted by Crippen LogP contribution is -2.29. The van der Waals surface area contributed by atoms with Crippen LogP contribution in [0, 0.1) is 5.41 Å². The van der Waals surface area contributed by atoms with Gasteiger partial charge in [-0.2, -0.15) is 0 Å². The highest BCUT2D eigenvalue weighted by Crippen LogP contribution is 2.22. The minimum absolute atomic E-state index is 0.252. The van der Waals surface area contributed by atoms with E-state index in [-0.39, 0.29) is 5.41 Å². The van der Waals surface area contributed by atoms with Crippen LogP contribution in [-0.4, -0.2) is 29.6 Å². The molecule has 1 aromatic carbocycles. The van der Waals surface area contributed by atoms with E-state index in [1.807, 2.05) is 6.07 Å². The summed E-state index contributed by atoms with van der Waals surface area (Å²) >= 11 is 3.43. The number of hydrogen-bond acceptors (Lipinski definition) is 2. The molecule has 0 aromatic heterocycles. The van der Waals surface area contributed by atoms with Gasteiger partial charge in [-0.05, 0) is 30.2 Å². The number of aromatic carboxylic acids is 1. The summed E-state index contributed by atoms with van der Waals surface area (Å²) in [5, 5.41) is 8.90. The fraction of sp³-hybridized carbons (Fsp3) is 0.500. The van der Waals surface area contributed by atoms with Gasteiger partial charge in [0.2, 0.25) is 0 Å². The van der Waals surface area contributed by atoms with Gasteiger partial charge in [0.05, 0.1) is 5.56 Å². The molecule has 1 aromatic rings. The van der Waals surface area contributed by atoms with E-state index in [4.69, 9.17) is 5.11 Å². The Morgan fingerprint density at radius 2 is 2.00 bits per heavy atom. The predicted octanol–water partition coefficient (Wildman–Crippen LogP) is 3.63. The van der Waals surface area contributed by atoms with Gasteiger partial charge >= 0.3 is 5.97 Å². The molecule has 0 aliphatic carbocycles. The first-order valence-corrected chi connectivity index (χ1v) is 6.68. The van der Waals surface area contributed by atoms with E-state index >= 15 is 0 Å². The summed E-state index contributed by atoms with van der Waals surface area (Å²) in [6.45, 7) is 8.39. The van der Waals surface area contributed by atoms with Crippen molar-refractivity contribution >= 4 is 21.9 Å². The second-order valence-electron chi connectivity index (χ2n) is 5.84. The van der Waals surface area contributed by atoms with Crippen molar-refractivity contribution in [2.45, 2.75) is 27.3 Å². The molecule has 0 saturated heterocycles. The fourth-order valence-electron chi connectivity index (χ4n) is 1.97. The number of rotatable bonds is 4. The first-order valence-electron chi connectivity index (χ1n) is 5.89. The fourth-order valence-corrected chi connectivity index (χ4v) is 2.47. The molecule has 1 N–H and O–H groups in total. The molecule has 0 bridgehead atoms. The Balaban J connectivity index is 2.77. The quantitative estimate of drug-likeness (QED) is 0.922. The van der Waals surface area contributed by atoms with Crippen molar-refractivity contribution in [3.63, 3.8) is 0 Å². The van der Waals surface area contributed by atoms with Crippen molar-refractivity contribution in [3.05, 3.63) is 33.8 Å². The normalized spacial score (nSPS) is 11.9. The summed E-state index contributed by atoms with van der Waals surface area (Å²) in [6, 6.07) is 5.17. The lowest BCUT2D eigenvalue weighted by molar-refractivity contribution is 0.0697. The molecule has 1 rings (SSSR count). The van der Waals surface area contributed by atoms with Crippen LogP contribution in [0.25, 0.3) is 0 Å². The molecule has 0 heterocycles. The van der Waals surface area contributed by atoms with E-state index in [9.17, 15) is 4.79 Å². The molecule has 0 spiro atoms. The molecule has 0 fully saturated rings. The molecular formula is C14H20BrNO2. The van der Waals surface area contributed by atoms with E-state index in [1.165, 1.54) is 0 Å². The molecule has 3 nitrogen and oxygen atoms in total. The van der Waals surface area contributed by atoms with Gasteiger partial charge in [-0.1, -0.05) is 42.8 Å². The lowest BCUT2D eigenvalue weighted by atomic mass is 9.96. The van der Waals surface area contributed by atoms with Gasteiger partial charge in [-0.3, -0.25) is 0 Å². The molecule has 0 unspecified atom stereocenters. The van der Waals surface area contributed by atoms with Crippen molar-refractivity contribution < 1.29 is 9.90 Å². The number of carboxylic acid groups (broad SMARTS) is 1. The molecule has 0 amide bonds. The van der Waals surface area contributed by atoms with Gasteiger partial charge in [0.25, 0.3) is 0 Å². The molecule has 18 heavy (non-hydrogen) atoms. The second-order valence-corrected chi connectivity index (χ2v) is 6.70. The monoisotopic (exact) mass is 313 g/mol. The summed E-state index contributed by atoms with van der Waals surface area (Å²) in [6.07, 6.45) is 0. The molecular weight excluding hydrogens is 294 g/mol. The third-order valence-corrected chi connectivity index (χ3v) is 3.22.